The summed E-state index contributed by atoms with van der Waals surface area (Å²) in [4.78, 5) is -0.377. The average Bonchev–Trinajstić information content (AvgIpc) is 2.62. The fourth-order valence-electron chi connectivity index (χ4n) is 2.79. The van der Waals surface area contributed by atoms with Gasteiger partial charge in [-0.2, -0.15) is 30.7 Å². The molecule has 0 aliphatic carbocycles. The minimum Gasteiger partial charge on any atom is -0.490 e. The third kappa shape index (κ3) is 5.47. The summed E-state index contributed by atoms with van der Waals surface area (Å²) in [5, 5.41) is 11.5. The van der Waals surface area contributed by atoms with Crippen molar-refractivity contribution < 1.29 is 40.6 Å². The number of hydrogen-bond acceptors (Lipinski definition) is 3. The Morgan fingerprint density at radius 1 is 0.933 bits per heavy atom. The van der Waals surface area contributed by atoms with E-state index < -0.39 is 43.4 Å². The first kappa shape index (κ1) is 26.7. The number of ether oxygens (including phenoxy) is 1. The van der Waals surface area contributed by atoms with Crippen molar-refractivity contribution in [1.29, 1.82) is 0 Å². The van der Waals surface area contributed by atoms with E-state index in [1.165, 1.54) is 0 Å². The molecule has 2 rings (SSSR count). The zero-order chi connectivity index (χ0) is 22.0. The van der Waals surface area contributed by atoms with E-state index in [4.69, 9.17) is 4.74 Å². The van der Waals surface area contributed by atoms with Gasteiger partial charge in [-0.25, -0.2) is 4.90 Å². The fourth-order valence-corrected chi connectivity index (χ4v) is 2.79. The summed E-state index contributed by atoms with van der Waals surface area (Å²) in [6.45, 7) is 0.323. The first-order valence-corrected chi connectivity index (χ1v) is 8.66. The maximum absolute atomic E-state index is 14.0. The molecular weight excluding hydrogens is 534 g/mol. The second-order valence-electron chi connectivity index (χ2n) is 6.80. The van der Waals surface area contributed by atoms with Gasteiger partial charge < -0.3 is 9.84 Å². The molecule has 30 heavy (non-hydrogen) atoms. The van der Waals surface area contributed by atoms with Crippen molar-refractivity contribution >= 4 is 34.7 Å². The molecule has 1 atom stereocenters. The fraction of sp³-hybridized carbons (Fsp3) is 0.474. The Hall–Kier alpha value is -1.34. The van der Waals surface area contributed by atoms with Crippen molar-refractivity contribution in [3.8, 4) is 5.75 Å². The summed E-state index contributed by atoms with van der Waals surface area (Å²) in [6, 6.07) is 5.05. The number of fused-ring (bicyclic) bond motifs is 1. The van der Waals surface area contributed by atoms with Crippen LogP contribution in [0.15, 0.2) is 42.5 Å². The van der Waals surface area contributed by atoms with Crippen LogP contribution in [-0.4, -0.2) is 53.4 Å². The summed E-state index contributed by atoms with van der Waals surface area (Å²) < 4.78 is 97.6. The Bertz CT molecular complexity index is 825. The van der Waals surface area contributed by atoms with Gasteiger partial charge in [0.1, 0.15) is 18.5 Å². The van der Waals surface area contributed by atoms with Gasteiger partial charge in [-0.05, 0) is 25.3 Å². The first-order valence-electron chi connectivity index (χ1n) is 8.66. The molecule has 170 valence electrons. The maximum atomic E-state index is 14.0. The Balaban J connectivity index is 0.00000450. The lowest BCUT2D eigenvalue weighted by molar-refractivity contribution is -0.393. The van der Waals surface area contributed by atoms with E-state index >= 15 is 0 Å². The lowest BCUT2D eigenvalue weighted by Crippen LogP contribution is -2.64. The highest BCUT2D eigenvalue weighted by molar-refractivity contribution is 14.0. The topological polar surface area (TPSA) is 32.7 Å². The summed E-state index contributed by atoms with van der Waals surface area (Å²) in [6.07, 6.45) is -8.19. The van der Waals surface area contributed by atoms with Gasteiger partial charge in [-0.1, -0.05) is 36.4 Å². The number of aliphatic hydroxyl groups is 1. The highest BCUT2D eigenvalue weighted by Gasteiger charge is 2.75. The van der Waals surface area contributed by atoms with Crippen LogP contribution in [0.4, 0.5) is 30.7 Å². The van der Waals surface area contributed by atoms with E-state index in [9.17, 15) is 35.8 Å². The summed E-state index contributed by atoms with van der Waals surface area (Å²) in [5.41, 5.74) is 0. The van der Waals surface area contributed by atoms with Crippen LogP contribution in [0, 0.1) is 0 Å². The Kier molecular flexibility index (Phi) is 8.77. The highest BCUT2D eigenvalue weighted by atomic mass is 127. The van der Waals surface area contributed by atoms with E-state index in [0.717, 1.165) is 19.2 Å². The predicted molar refractivity (Wildman–Crippen MR) is 109 cm³/mol. The van der Waals surface area contributed by atoms with Crippen LogP contribution >= 0.6 is 24.0 Å². The van der Waals surface area contributed by atoms with Gasteiger partial charge in [-0.15, -0.1) is 24.0 Å². The van der Waals surface area contributed by atoms with E-state index in [1.54, 1.807) is 42.5 Å². The van der Waals surface area contributed by atoms with Gasteiger partial charge in [-0.3, -0.25) is 0 Å². The molecular formula is C19H21F7INO2. The minimum absolute atomic E-state index is 0. The van der Waals surface area contributed by atoms with Crippen molar-refractivity contribution in [2.45, 2.75) is 44.1 Å². The van der Waals surface area contributed by atoms with Crippen molar-refractivity contribution in [2.75, 3.05) is 13.2 Å². The minimum atomic E-state index is -6.45. The molecule has 2 aromatic rings. The summed E-state index contributed by atoms with van der Waals surface area (Å²) >= 11 is 0. The third-order valence-corrected chi connectivity index (χ3v) is 4.31. The highest BCUT2D eigenvalue weighted by Crippen LogP contribution is 2.48. The third-order valence-electron chi connectivity index (χ3n) is 4.31. The molecule has 0 aromatic heterocycles. The molecule has 0 saturated carbocycles. The van der Waals surface area contributed by atoms with E-state index in [0.29, 0.717) is 11.1 Å². The number of halogens is 8. The van der Waals surface area contributed by atoms with E-state index in [-0.39, 0.29) is 28.9 Å². The molecule has 0 fully saturated rings. The number of nitrogens with zero attached hydrogens (tertiary/aromatic N) is 1. The van der Waals surface area contributed by atoms with Gasteiger partial charge >= 0.3 is 18.1 Å². The zero-order valence-electron chi connectivity index (χ0n) is 16.0. The van der Waals surface area contributed by atoms with Crippen LogP contribution in [0.25, 0.3) is 10.8 Å². The monoisotopic (exact) mass is 555 g/mol. The van der Waals surface area contributed by atoms with Crippen LogP contribution in [0.2, 0.25) is 0 Å². The molecule has 1 N–H and O–H groups in total. The first-order chi connectivity index (χ1) is 13.3. The standard InChI is InChI=1S/C19H20F7NO2.HI/c1-12(2)27(19(25,26)17(20,21)18(22,23)24)10-14(28)11-29-16-9-5-7-13-6-3-4-8-15(13)16;/h3-9,12,14,28H,10-11H2,1-2H3;1H. The lowest BCUT2D eigenvalue weighted by atomic mass is 10.1. The lowest BCUT2D eigenvalue weighted by Gasteiger charge is -2.39. The van der Waals surface area contributed by atoms with E-state index in [2.05, 4.69) is 0 Å². The van der Waals surface area contributed by atoms with Crippen LogP contribution in [-0.2, 0) is 0 Å². The zero-order valence-corrected chi connectivity index (χ0v) is 18.3. The number of alkyl halides is 7. The van der Waals surface area contributed by atoms with Gasteiger partial charge in [0.05, 0.1) is 0 Å². The molecule has 0 amide bonds. The quantitative estimate of drug-likeness (QED) is 0.258. The average molecular weight is 555 g/mol. The maximum Gasteiger partial charge on any atom is 0.461 e. The van der Waals surface area contributed by atoms with Gasteiger partial charge in [0, 0.05) is 18.0 Å². The van der Waals surface area contributed by atoms with Crippen LogP contribution in [0.5, 0.6) is 5.75 Å². The Morgan fingerprint density at radius 2 is 1.50 bits per heavy atom. The van der Waals surface area contributed by atoms with E-state index in [1.807, 2.05) is 0 Å². The normalized spacial score (nSPS) is 14.1. The summed E-state index contributed by atoms with van der Waals surface area (Å²) in [5.74, 6) is -5.98. The van der Waals surface area contributed by atoms with Crippen molar-refractivity contribution in [3.63, 3.8) is 0 Å². The van der Waals surface area contributed by atoms with Gasteiger partial charge in [0.15, 0.2) is 0 Å². The number of rotatable bonds is 8. The molecule has 2 aromatic carbocycles. The number of hydrogen-bond donors (Lipinski definition) is 1. The Morgan fingerprint density at radius 3 is 2.07 bits per heavy atom. The molecule has 0 radical (unpaired) electrons. The van der Waals surface area contributed by atoms with Crippen LogP contribution < -0.4 is 4.74 Å². The second-order valence-corrected chi connectivity index (χ2v) is 6.80. The van der Waals surface area contributed by atoms with Crippen molar-refractivity contribution in [1.82, 2.24) is 4.90 Å². The second kappa shape index (κ2) is 9.86. The molecule has 0 heterocycles. The molecule has 0 saturated heterocycles. The van der Waals surface area contributed by atoms with Crippen molar-refractivity contribution in [3.05, 3.63) is 42.5 Å². The number of aliphatic hydroxyl groups excluding tert-OH is 1. The van der Waals surface area contributed by atoms with Gasteiger partial charge in [0.25, 0.3) is 0 Å². The molecule has 0 aliphatic rings. The molecule has 11 heteroatoms. The Labute approximate surface area is 185 Å². The predicted octanol–water partition coefficient (Wildman–Crippen LogP) is 5.70. The number of benzene rings is 2. The molecule has 0 bridgehead atoms. The molecule has 3 nitrogen and oxygen atoms in total. The molecule has 0 spiro atoms. The smallest absolute Gasteiger partial charge is 0.461 e. The SMILES string of the molecule is CC(C)N(CC(O)COc1cccc2ccccc12)C(F)(F)C(F)(F)C(F)(F)F.I. The van der Waals surface area contributed by atoms with Crippen molar-refractivity contribution in [2.24, 2.45) is 0 Å². The molecule has 1 unspecified atom stereocenters. The molecule has 0 aliphatic heterocycles. The summed E-state index contributed by atoms with van der Waals surface area (Å²) in [7, 11) is 0. The van der Waals surface area contributed by atoms with Crippen LogP contribution in [0.3, 0.4) is 0 Å². The van der Waals surface area contributed by atoms with Crippen LogP contribution in [0.1, 0.15) is 13.8 Å². The largest absolute Gasteiger partial charge is 0.490 e. The van der Waals surface area contributed by atoms with Gasteiger partial charge in [0.2, 0.25) is 0 Å².